The molecule has 1 saturated heterocycles. The Morgan fingerprint density at radius 2 is 1.61 bits per heavy atom. The van der Waals surface area contributed by atoms with Crippen LogP contribution < -0.4 is 5.73 Å². The van der Waals surface area contributed by atoms with Gasteiger partial charge in [-0.15, -0.1) is 24.0 Å². The third kappa shape index (κ3) is 4.57. The van der Waals surface area contributed by atoms with Gasteiger partial charge in [-0.05, 0) is 25.7 Å². The Bertz CT molecular complexity index is 269. The molecule has 18 heavy (non-hydrogen) atoms. The van der Waals surface area contributed by atoms with Crippen molar-refractivity contribution in [2.45, 2.75) is 57.0 Å². The smallest absolute Gasteiger partial charge is 0.191 e. The van der Waals surface area contributed by atoms with Crippen LogP contribution in [0.2, 0.25) is 0 Å². The van der Waals surface area contributed by atoms with Crippen LogP contribution in [-0.2, 0) is 0 Å². The molecule has 0 spiro atoms. The van der Waals surface area contributed by atoms with Gasteiger partial charge in [-0.25, -0.2) is 0 Å². The second kappa shape index (κ2) is 7.53. The SMILES string of the molecule is I.NC(=NCC1(O)CCCC1)N1CCCCCC1. The molecule has 0 amide bonds. The number of nitrogens with zero attached hydrogens (tertiary/aromatic N) is 2. The van der Waals surface area contributed by atoms with Gasteiger partial charge >= 0.3 is 0 Å². The zero-order valence-electron chi connectivity index (χ0n) is 11.1. The predicted molar refractivity (Wildman–Crippen MR) is 85.4 cm³/mol. The summed E-state index contributed by atoms with van der Waals surface area (Å²) in [6, 6.07) is 0. The fourth-order valence-corrected chi connectivity index (χ4v) is 2.82. The number of hydrogen-bond acceptors (Lipinski definition) is 2. The third-order valence-corrected chi connectivity index (χ3v) is 4.00. The van der Waals surface area contributed by atoms with E-state index in [9.17, 15) is 5.11 Å². The van der Waals surface area contributed by atoms with Crippen molar-refractivity contribution in [1.29, 1.82) is 0 Å². The molecule has 0 radical (unpaired) electrons. The summed E-state index contributed by atoms with van der Waals surface area (Å²) in [6.45, 7) is 2.52. The molecular formula is C13H26IN3O. The largest absolute Gasteiger partial charge is 0.388 e. The summed E-state index contributed by atoms with van der Waals surface area (Å²) in [4.78, 5) is 6.59. The van der Waals surface area contributed by atoms with E-state index in [0.717, 1.165) is 38.8 Å². The number of aliphatic hydroxyl groups is 1. The number of halogens is 1. The maximum Gasteiger partial charge on any atom is 0.191 e. The van der Waals surface area contributed by atoms with Crippen molar-refractivity contribution in [2.75, 3.05) is 19.6 Å². The van der Waals surface area contributed by atoms with Gasteiger partial charge in [-0.2, -0.15) is 0 Å². The molecule has 1 heterocycles. The maximum absolute atomic E-state index is 10.2. The number of aliphatic imine (C=N–C) groups is 1. The average molecular weight is 367 g/mol. The summed E-state index contributed by atoms with van der Waals surface area (Å²) in [5, 5.41) is 10.2. The van der Waals surface area contributed by atoms with E-state index in [0.29, 0.717) is 12.5 Å². The zero-order chi connectivity index (χ0) is 12.1. The quantitative estimate of drug-likeness (QED) is 0.446. The van der Waals surface area contributed by atoms with Crippen LogP contribution in [0.4, 0.5) is 0 Å². The molecule has 5 heteroatoms. The van der Waals surface area contributed by atoms with Crippen molar-refractivity contribution in [3.8, 4) is 0 Å². The molecule has 3 N–H and O–H groups in total. The van der Waals surface area contributed by atoms with Gasteiger partial charge < -0.3 is 15.7 Å². The summed E-state index contributed by atoms with van der Waals surface area (Å²) in [5.41, 5.74) is 5.45. The molecule has 2 rings (SSSR count). The van der Waals surface area contributed by atoms with E-state index >= 15 is 0 Å². The Hall–Kier alpha value is -0.0400. The van der Waals surface area contributed by atoms with E-state index < -0.39 is 5.60 Å². The van der Waals surface area contributed by atoms with Gasteiger partial charge in [0.1, 0.15) is 0 Å². The third-order valence-electron chi connectivity index (χ3n) is 4.00. The first-order valence-corrected chi connectivity index (χ1v) is 6.97. The van der Waals surface area contributed by atoms with Gasteiger partial charge in [0.15, 0.2) is 5.96 Å². The van der Waals surface area contributed by atoms with Crippen LogP contribution in [0.3, 0.4) is 0 Å². The first-order chi connectivity index (χ1) is 8.20. The summed E-state index contributed by atoms with van der Waals surface area (Å²) in [6.07, 6.45) is 9.02. The van der Waals surface area contributed by atoms with Crippen molar-refractivity contribution < 1.29 is 5.11 Å². The van der Waals surface area contributed by atoms with E-state index in [1.807, 2.05) is 0 Å². The molecule has 0 unspecified atom stereocenters. The summed E-state index contributed by atoms with van der Waals surface area (Å²) >= 11 is 0. The second-order valence-corrected chi connectivity index (χ2v) is 5.51. The van der Waals surface area contributed by atoms with E-state index in [-0.39, 0.29) is 24.0 Å². The van der Waals surface area contributed by atoms with Gasteiger partial charge in [0.05, 0.1) is 12.1 Å². The van der Waals surface area contributed by atoms with Crippen LogP contribution >= 0.6 is 24.0 Å². The lowest BCUT2D eigenvalue weighted by Crippen LogP contribution is -2.39. The van der Waals surface area contributed by atoms with E-state index in [2.05, 4.69) is 9.89 Å². The Morgan fingerprint density at radius 3 is 2.17 bits per heavy atom. The lowest BCUT2D eigenvalue weighted by molar-refractivity contribution is 0.0572. The minimum absolute atomic E-state index is 0. The van der Waals surface area contributed by atoms with Crippen molar-refractivity contribution in [3.05, 3.63) is 0 Å². The highest BCUT2D eigenvalue weighted by Crippen LogP contribution is 2.29. The van der Waals surface area contributed by atoms with Gasteiger partial charge in [0, 0.05) is 13.1 Å². The van der Waals surface area contributed by atoms with Gasteiger partial charge in [0.2, 0.25) is 0 Å². The Balaban J connectivity index is 0.00000162. The highest BCUT2D eigenvalue weighted by molar-refractivity contribution is 14.0. The molecule has 0 aromatic heterocycles. The normalized spacial score (nSPS) is 24.5. The highest BCUT2D eigenvalue weighted by atomic mass is 127. The summed E-state index contributed by atoms with van der Waals surface area (Å²) in [5.74, 6) is 0.632. The monoisotopic (exact) mass is 367 g/mol. The average Bonchev–Trinajstić information content (AvgIpc) is 2.60. The molecule has 1 saturated carbocycles. The molecule has 2 aliphatic rings. The van der Waals surface area contributed by atoms with E-state index in [1.165, 1.54) is 25.7 Å². The topological polar surface area (TPSA) is 61.9 Å². The van der Waals surface area contributed by atoms with Crippen LogP contribution in [0, 0.1) is 0 Å². The molecule has 1 aliphatic carbocycles. The fourth-order valence-electron chi connectivity index (χ4n) is 2.82. The lowest BCUT2D eigenvalue weighted by Gasteiger charge is -2.24. The first-order valence-electron chi connectivity index (χ1n) is 6.97. The molecular weight excluding hydrogens is 341 g/mol. The zero-order valence-corrected chi connectivity index (χ0v) is 13.4. The predicted octanol–water partition coefficient (Wildman–Crippen LogP) is 2.10. The van der Waals surface area contributed by atoms with Crippen LogP contribution in [0.15, 0.2) is 4.99 Å². The number of likely N-dealkylation sites (tertiary alicyclic amines) is 1. The molecule has 0 bridgehead atoms. The van der Waals surface area contributed by atoms with Gasteiger partial charge in [-0.3, -0.25) is 4.99 Å². The van der Waals surface area contributed by atoms with Crippen LogP contribution in [0.1, 0.15) is 51.4 Å². The lowest BCUT2D eigenvalue weighted by atomic mass is 10.0. The fraction of sp³-hybridized carbons (Fsp3) is 0.923. The van der Waals surface area contributed by atoms with Crippen molar-refractivity contribution in [1.82, 2.24) is 4.90 Å². The molecule has 0 aromatic carbocycles. The Kier molecular flexibility index (Phi) is 6.70. The molecule has 0 atom stereocenters. The standard InChI is InChI=1S/C13H25N3O.HI/c14-12(16-9-5-1-2-6-10-16)15-11-13(17)7-3-4-8-13;/h17H,1-11H2,(H2,14,15);1H. The molecule has 106 valence electrons. The van der Waals surface area contributed by atoms with Crippen molar-refractivity contribution in [3.63, 3.8) is 0 Å². The Morgan fingerprint density at radius 1 is 1.06 bits per heavy atom. The first kappa shape index (κ1) is 16.0. The highest BCUT2D eigenvalue weighted by Gasteiger charge is 2.30. The van der Waals surface area contributed by atoms with Crippen LogP contribution in [0.25, 0.3) is 0 Å². The number of guanidine groups is 1. The molecule has 2 fully saturated rings. The number of hydrogen-bond donors (Lipinski definition) is 2. The van der Waals surface area contributed by atoms with Crippen LogP contribution in [0.5, 0.6) is 0 Å². The molecule has 0 aromatic rings. The van der Waals surface area contributed by atoms with Crippen LogP contribution in [-0.4, -0.2) is 41.2 Å². The minimum atomic E-state index is -0.573. The second-order valence-electron chi connectivity index (χ2n) is 5.51. The van der Waals surface area contributed by atoms with E-state index in [1.54, 1.807) is 0 Å². The van der Waals surface area contributed by atoms with E-state index in [4.69, 9.17) is 5.73 Å². The van der Waals surface area contributed by atoms with Gasteiger partial charge in [-0.1, -0.05) is 25.7 Å². The van der Waals surface area contributed by atoms with Crippen molar-refractivity contribution >= 4 is 29.9 Å². The summed E-state index contributed by atoms with van der Waals surface area (Å²) in [7, 11) is 0. The minimum Gasteiger partial charge on any atom is -0.388 e. The Labute approximate surface area is 127 Å². The molecule has 1 aliphatic heterocycles. The molecule has 4 nitrogen and oxygen atoms in total. The number of nitrogens with two attached hydrogens (primary N) is 1. The van der Waals surface area contributed by atoms with Crippen molar-refractivity contribution in [2.24, 2.45) is 10.7 Å². The maximum atomic E-state index is 10.2. The number of rotatable bonds is 2. The summed E-state index contributed by atoms with van der Waals surface area (Å²) < 4.78 is 0. The van der Waals surface area contributed by atoms with Gasteiger partial charge in [0.25, 0.3) is 0 Å².